The number of nitrogens with zero attached hydrogens (tertiary/aromatic N) is 1. The van der Waals surface area contributed by atoms with E-state index in [0.29, 0.717) is 6.54 Å². The quantitative estimate of drug-likeness (QED) is 0.738. The highest BCUT2D eigenvalue weighted by Gasteiger charge is 2.24. The summed E-state index contributed by atoms with van der Waals surface area (Å²) in [5.41, 5.74) is 0.791. The van der Waals surface area contributed by atoms with Crippen molar-refractivity contribution < 1.29 is 4.79 Å². The molecule has 1 saturated carbocycles. The van der Waals surface area contributed by atoms with Crippen molar-refractivity contribution in [3.05, 3.63) is 19.2 Å². The number of carbonyl (C=O) groups is 1. The van der Waals surface area contributed by atoms with Gasteiger partial charge in [-0.1, -0.05) is 0 Å². The van der Waals surface area contributed by atoms with Crippen molar-refractivity contribution in [1.82, 2.24) is 4.90 Å². The summed E-state index contributed by atoms with van der Waals surface area (Å²) in [6, 6.07) is 1.89. The van der Waals surface area contributed by atoms with Gasteiger partial charge in [0.05, 0.1) is 14.1 Å². The molecular weight excluding hydrogens is 354 g/mol. The molecule has 88 valence electrons. The summed E-state index contributed by atoms with van der Waals surface area (Å²) >= 11 is 8.36. The summed E-state index contributed by atoms with van der Waals surface area (Å²) in [5, 5.41) is 0. The van der Waals surface area contributed by atoms with E-state index in [1.807, 2.05) is 13.1 Å². The van der Waals surface area contributed by atoms with Crippen molar-refractivity contribution in [2.24, 2.45) is 5.92 Å². The molecule has 2 rings (SSSR count). The Bertz CT molecular complexity index is 401. The van der Waals surface area contributed by atoms with Gasteiger partial charge in [0.2, 0.25) is 0 Å². The molecule has 0 unspecified atom stereocenters. The Hall–Kier alpha value is 0.290. The molecule has 0 atom stereocenters. The lowest BCUT2D eigenvalue weighted by Crippen LogP contribution is -2.27. The number of Topliss-reactive ketones (excluding diaryl/α,β-unsaturated/α-hetero) is 1. The zero-order valence-electron chi connectivity index (χ0n) is 9.00. The molecule has 0 aliphatic heterocycles. The molecule has 1 aromatic heterocycles. The van der Waals surface area contributed by atoms with E-state index in [0.717, 1.165) is 25.6 Å². The van der Waals surface area contributed by atoms with Crippen molar-refractivity contribution >= 4 is 49.0 Å². The van der Waals surface area contributed by atoms with Crippen molar-refractivity contribution in [3.8, 4) is 0 Å². The number of rotatable bonds is 5. The van der Waals surface area contributed by atoms with E-state index >= 15 is 0 Å². The number of ketones is 1. The molecule has 2 nitrogen and oxygen atoms in total. The molecule has 0 N–H and O–H groups in total. The molecule has 0 amide bonds. The van der Waals surface area contributed by atoms with Gasteiger partial charge in [-0.15, -0.1) is 11.3 Å². The van der Waals surface area contributed by atoms with Crippen LogP contribution in [-0.2, 0) is 0 Å². The summed E-state index contributed by atoms with van der Waals surface area (Å²) in [4.78, 5) is 14.1. The van der Waals surface area contributed by atoms with Crippen LogP contribution in [0.3, 0.4) is 0 Å². The standard InChI is InChI=1S/C11H13Br2NOS/c1-14(5-7-2-3-7)6-9(15)8-4-10(12)16-11(8)13/h4,7H,2-3,5-6H2,1H3. The second-order valence-electron chi connectivity index (χ2n) is 4.30. The summed E-state index contributed by atoms with van der Waals surface area (Å²) in [6.45, 7) is 1.56. The number of halogens is 2. The molecule has 1 aliphatic rings. The maximum absolute atomic E-state index is 12.0. The van der Waals surface area contributed by atoms with Gasteiger partial charge in [-0.05, 0) is 63.7 Å². The molecule has 0 bridgehead atoms. The Morgan fingerprint density at radius 1 is 1.56 bits per heavy atom. The maximum Gasteiger partial charge on any atom is 0.178 e. The highest BCUT2D eigenvalue weighted by Crippen LogP contribution is 2.32. The molecule has 16 heavy (non-hydrogen) atoms. The highest BCUT2D eigenvalue weighted by atomic mass is 79.9. The van der Waals surface area contributed by atoms with Gasteiger partial charge in [-0.3, -0.25) is 9.69 Å². The average Bonchev–Trinajstić information content (AvgIpc) is 2.90. The van der Waals surface area contributed by atoms with Gasteiger partial charge in [-0.2, -0.15) is 0 Å². The van der Waals surface area contributed by atoms with E-state index in [2.05, 4.69) is 36.8 Å². The van der Waals surface area contributed by atoms with Crippen LogP contribution < -0.4 is 0 Å². The topological polar surface area (TPSA) is 20.3 Å². The first kappa shape index (κ1) is 12.7. The Balaban J connectivity index is 1.93. The fourth-order valence-electron chi connectivity index (χ4n) is 1.67. The minimum absolute atomic E-state index is 0.192. The second-order valence-corrected chi connectivity index (χ2v) is 8.05. The zero-order valence-corrected chi connectivity index (χ0v) is 13.0. The van der Waals surface area contributed by atoms with E-state index in [1.165, 1.54) is 12.8 Å². The first-order valence-corrected chi connectivity index (χ1v) is 7.63. The largest absolute Gasteiger partial charge is 0.299 e. The third kappa shape index (κ3) is 3.39. The predicted octanol–water partition coefficient (Wildman–Crippen LogP) is 3.80. The summed E-state index contributed by atoms with van der Waals surface area (Å²) < 4.78 is 1.91. The Kier molecular flexibility index (Phi) is 4.21. The monoisotopic (exact) mass is 365 g/mol. The highest BCUT2D eigenvalue weighted by molar-refractivity contribution is 9.12. The molecule has 0 radical (unpaired) electrons. The summed E-state index contributed by atoms with van der Waals surface area (Å²) in [6.07, 6.45) is 2.65. The van der Waals surface area contributed by atoms with Crippen LogP contribution in [0.4, 0.5) is 0 Å². The van der Waals surface area contributed by atoms with Gasteiger partial charge in [0, 0.05) is 12.1 Å². The van der Waals surface area contributed by atoms with Gasteiger partial charge in [0.25, 0.3) is 0 Å². The SMILES string of the molecule is CN(CC(=O)c1cc(Br)sc1Br)CC1CC1. The molecular formula is C11H13Br2NOS. The molecule has 1 aliphatic carbocycles. The van der Waals surface area contributed by atoms with Crippen LogP contribution in [0.25, 0.3) is 0 Å². The van der Waals surface area contributed by atoms with Crippen LogP contribution in [0.5, 0.6) is 0 Å². The van der Waals surface area contributed by atoms with Gasteiger partial charge in [-0.25, -0.2) is 0 Å². The third-order valence-electron chi connectivity index (χ3n) is 2.64. The lowest BCUT2D eigenvalue weighted by atomic mass is 10.2. The smallest absolute Gasteiger partial charge is 0.178 e. The average molecular weight is 367 g/mol. The summed E-state index contributed by atoms with van der Waals surface area (Å²) in [5.74, 6) is 1.02. The molecule has 1 fully saturated rings. The molecule has 5 heteroatoms. The van der Waals surface area contributed by atoms with E-state index < -0.39 is 0 Å². The molecule has 0 spiro atoms. The number of thiophene rings is 1. The minimum Gasteiger partial charge on any atom is -0.299 e. The first-order valence-electron chi connectivity index (χ1n) is 5.23. The van der Waals surface area contributed by atoms with Crippen LogP contribution in [-0.4, -0.2) is 30.8 Å². The van der Waals surface area contributed by atoms with Crippen molar-refractivity contribution in [2.45, 2.75) is 12.8 Å². The Morgan fingerprint density at radius 2 is 2.25 bits per heavy atom. The summed E-state index contributed by atoms with van der Waals surface area (Å²) in [7, 11) is 2.02. The molecule has 1 aromatic rings. The first-order chi connectivity index (χ1) is 7.56. The number of likely N-dealkylation sites (N-methyl/N-ethyl adjacent to an activating group) is 1. The van der Waals surface area contributed by atoms with Crippen molar-refractivity contribution in [1.29, 1.82) is 0 Å². The van der Waals surface area contributed by atoms with Crippen LogP contribution in [0.2, 0.25) is 0 Å². The van der Waals surface area contributed by atoms with Crippen molar-refractivity contribution in [3.63, 3.8) is 0 Å². The number of carbonyl (C=O) groups excluding carboxylic acids is 1. The van der Waals surface area contributed by atoms with Crippen LogP contribution in [0.1, 0.15) is 23.2 Å². The van der Waals surface area contributed by atoms with E-state index in [9.17, 15) is 4.79 Å². The zero-order chi connectivity index (χ0) is 11.7. The Labute approximate surface area is 116 Å². The van der Waals surface area contributed by atoms with Gasteiger partial charge in [0.15, 0.2) is 5.78 Å². The van der Waals surface area contributed by atoms with Gasteiger partial charge < -0.3 is 0 Å². The fraction of sp³-hybridized carbons (Fsp3) is 0.545. The Morgan fingerprint density at radius 3 is 2.75 bits per heavy atom. The third-order valence-corrected chi connectivity index (χ3v) is 4.98. The van der Waals surface area contributed by atoms with E-state index in [1.54, 1.807) is 11.3 Å². The number of hydrogen-bond donors (Lipinski definition) is 0. The predicted molar refractivity (Wildman–Crippen MR) is 74.3 cm³/mol. The lowest BCUT2D eigenvalue weighted by Gasteiger charge is -2.14. The fourth-order valence-corrected chi connectivity index (χ4v) is 4.52. The van der Waals surface area contributed by atoms with Crippen LogP contribution >= 0.6 is 43.2 Å². The maximum atomic E-state index is 12.0. The molecule has 1 heterocycles. The second kappa shape index (κ2) is 5.29. The van der Waals surface area contributed by atoms with Crippen LogP contribution in [0, 0.1) is 5.92 Å². The normalized spacial score (nSPS) is 15.8. The lowest BCUT2D eigenvalue weighted by molar-refractivity contribution is 0.0944. The van der Waals surface area contributed by atoms with E-state index in [4.69, 9.17) is 0 Å². The minimum atomic E-state index is 0.192. The van der Waals surface area contributed by atoms with Gasteiger partial charge >= 0.3 is 0 Å². The van der Waals surface area contributed by atoms with Crippen LogP contribution in [0.15, 0.2) is 13.6 Å². The number of hydrogen-bond acceptors (Lipinski definition) is 3. The molecule has 0 saturated heterocycles. The molecule has 0 aromatic carbocycles. The van der Waals surface area contributed by atoms with Gasteiger partial charge in [0.1, 0.15) is 0 Å². The van der Waals surface area contributed by atoms with E-state index in [-0.39, 0.29) is 5.78 Å². The van der Waals surface area contributed by atoms with Crippen molar-refractivity contribution in [2.75, 3.05) is 20.1 Å².